The number of piperidine rings is 1. The second-order valence-corrected chi connectivity index (χ2v) is 6.12. The van der Waals surface area contributed by atoms with Crippen molar-refractivity contribution in [1.29, 1.82) is 0 Å². The summed E-state index contributed by atoms with van der Waals surface area (Å²) in [6.07, 6.45) is 1.07. The molecule has 0 saturated carbocycles. The van der Waals surface area contributed by atoms with Crippen molar-refractivity contribution >= 4 is 11.7 Å². The first-order valence-corrected chi connectivity index (χ1v) is 8.31. The van der Waals surface area contributed by atoms with Gasteiger partial charge >= 0.3 is 6.03 Å². The van der Waals surface area contributed by atoms with Gasteiger partial charge in [-0.3, -0.25) is 0 Å². The van der Waals surface area contributed by atoms with Crippen molar-refractivity contribution in [2.45, 2.75) is 25.6 Å². The predicted molar refractivity (Wildman–Crippen MR) is 93.0 cm³/mol. The molecule has 0 aliphatic carbocycles. The molecule has 2 amide bonds. The van der Waals surface area contributed by atoms with Gasteiger partial charge in [0.2, 0.25) is 0 Å². The van der Waals surface area contributed by atoms with Crippen LogP contribution in [0.2, 0.25) is 0 Å². The van der Waals surface area contributed by atoms with Crippen LogP contribution in [0, 0.1) is 5.82 Å². The molecule has 2 aromatic carbocycles. The van der Waals surface area contributed by atoms with Crippen LogP contribution in [0.25, 0.3) is 0 Å². The maximum absolute atomic E-state index is 13.2. The number of anilines is 1. The molecule has 1 fully saturated rings. The fourth-order valence-electron chi connectivity index (χ4n) is 2.80. The van der Waals surface area contributed by atoms with Crippen molar-refractivity contribution in [1.82, 2.24) is 4.90 Å². The van der Waals surface area contributed by atoms with Crippen molar-refractivity contribution in [3.8, 4) is 5.75 Å². The van der Waals surface area contributed by atoms with Gasteiger partial charge in [-0.05, 0) is 42.7 Å². The number of hydrogen-bond donors (Lipinski definition) is 2. The van der Waals surface area contributed by atoms with Crippen LogP contribution in [-0.2, 0) is 6.61 Å². The minimum absolute atomic E-state index is 0.235. The van der Waals surface area contributed by atoms with Crippen LogP contribution in [0.4, 0.5) is 14.9 Å². The zero-order valence-electron chi connectivity index (χ0n) is 13.8. The van der Waals surface area contributed by atoms with Crippen molar-refractivity contribution in [3.05, 3.63) is 59.9 Å². The largest absolute Gasteiger partial charge is 0.489 e. The number of carbonyl (C=O) groups is 1. The van der Waals surface area contributed by atoms with E-state index >= 15 is 0 Å². The third-order valence-corrected chi connectivity index (χ3v) is 4.06. The summed E-state index contributed by atoms with van der Waals surface area (Å²) in [5.41, 5.74) is 1.35. The molecule has 132 valence electrons. The highest BCUT2D eigenvalue weighted by Gasteiger charge is 2.22. The van der Waals surface area contributed by atoms with E-state index in [0.717, 1.165) is 18.4 Å². The Hall–Kier alpha value is -2.60. The van der Waals surface area contributed by atoms with E-state index in [1.807, 2.05) is 0 Å². The molecule has 5 nitrogen and oxygen atoms in total. The monoisotopic (exact) mass is 344 g/mol. The van der Waals surface area contributed by atoms with Crippen LogP contribution in [0.15, 0.2) is 48.5 Å². The molecule has 2 N–H and O–H groups in total. The number of rotatable bonds is 4. The summed E-state index contributed by atoms with van der Waals surface area (Å²) in [5, 5.41) is 12.5. The van der Waals surface area contributed by atoms with Gasteiger partial charge < -0.3 is 20.1 Å². The van der Waals surface area contributed by atoms with Crippen LogP contribution >= 0.6 is 0 Å². The number of hydrogen-bond acceptors (Lipinski definition) is 3. The number of halogens is 1. The third kappa shape index (κ3) is 4.93. The summed E-state index contributed by atoms with van der Waals surface area (Å²) in [6, 6.07) is 13.0. The van der Waals surface area contributed by atoms with Gasteiger partial charge in [-0.25, -0.2) is 9.18 Å². The van der Waals surface area contributed by atoms with Crippen LogP contribution in [-0.4, -0.2) is 35.2 Å². The van der Waals surface area contributed by atoms with Crippen LogP contribution in [0.1, 0.15) is 18.4 Å². The van der Waals surface area contributed by atoms with Crippen molar-refractivity contribution in [3.63, 3.8) is 0 Å². The Kier molecular flexibility index (Phi) is 5.50. The number of β-amino-alcohol motifs (C(OH)–C–C–N with tert-alkyl or cyclic N) is 1. The number of urea groups is 1. The smallest absolute Gasteiger partial charge is 0.321 e. The number of aliphatic hydroxyl groups excluding tert-OH is 1. The predicted octanol–water partition coefficient (Wildman–Crippen LogP) is 3.39. The SMILES string of the molecule is O=C(Nc1cccc(OCc2cccc(F)c2)c1)N1CCC[C@H](O)C1. The molecular formula is C19H21FN2O3. The molecule has 0 spiro atoms. The zero-order chi connectivity index (χ0) is 17.6. The van der Waals surface area contributed by atoms with Gasteiger partial charge in [0.25, 0.3) is 0 Å². The first-order chi connectivity index (χ1) is 12.1. The van der Waals surface area contributed by atoms with E-state index in [9.17, 15) is 14.3 Å². The summed E-state index contributed by atoms with van der Waals surface area (Å²) in [5.74, 6) is 0.284. The lowest BCUT2D eigenvalue weighted by Gasteiger charge is -2.30. The van der Waals surface area contributed by atoms with E-state index in [1.54, 1.807) is 41.3 Å². The Morgan fingerprint density at radius 2 is 2.12 bits per heavy atom. The number of nitrogens with one attached hydrogen (secondary N) is 1. The van der Waals surface area contributed by atoms with Gasteiger partial charge in [0.1, 0.15) is 18.2 Å². The lowest BCUT2D eigenvalue weighted by atomic mass is 10.1. The number of aliphatic hydroxyl groups is 1. The maximum atomic E-state index is 13.2. The van der Waals surface area contributed by atoms with Gasteiger partial charge in [-0.15, -0.1) is 0 Å². The number of amides is 2. The van der Waals surface area contributed by atoms with Gasteiger partial charge in [0, 0.05) is 24.8 Å². The maximum Gasteiger partial charge on any atom is 0.321 e. The summed E-state index contributed by atoms with van der Waals surface area (Å²) in [7, 11) is 0. The molecule has 0 unspecified atom stereocenters. The second kappa shape index (κ2) is 7.98. The van der Waals surface area contributed by atoms with E-state index in [1.165, 1.54) is 12.1 Å². The second-order valence-electron chi connectivity index (χ2n) is 6.12. The third-order valence-electron chi connectivity index (χ3n) is 4.06. The first-order valence-electron chi connectivity index (χ1n) is 8.31. The Labute approximate surface area is 146 Å². The lowest BCUT2D eigenvalue weighted by molar-refractivity contribution is 0.0883. The lowest BCUT2D eigenvalue weighted by Crippen LogP contribution is -2.44. The molecule has 1 atom stereocenters. The Morgan fingerprint density at radius 3 is 2.92 bits per heavy atom. The fourth-order valence-corrected chi connectivity index (χ4v) is 2.80. The average Bonchev–Trinajstić information content (AvgIpc) is 2.60. The number of ether oxygens (including phenoxy) is 1. The van der Waals surface area contributed by atoms with Gasteiger partial charge in [-0.1, -0.05) is 18.2 Å². The van der Waals surface area contributed by atoms with Crippen LogP contribution < -0.4 is 10.1 Å². The Balaban J connectivity index is 1.58. The number of likely N-dealkylation sites (tertiary alicyclic amines) is 1. The fraction of sp³-hybridized carbons (Fsp3) is 0.316. The standard InChI is InChI=1S/C19H21FN2O3/c20-15-5-1-4-14(10-15)13-25-18-8-2-6-16(11-18)21-19(24)22-9-3-7-17(23)12-22/h1-2,4-6,8,10-11,17,23H,3,7,9,12-13H2,(H,21,24)/t17-/m0/s1. The topological polar surface area (TPSA) is 61.8 Å². The summed E-state index contributed by atoms with van der Waals surface area (Å²) in [4.78, 5) is 13.9. The Morgan fingerprint density at radius 1 is 1.28 bits per heavy atom. The summed E-state index contributed by atoms with van der Waals surface area (Å²) < 4.78 is 18.8. The molecule has 2 aromatic rings. The molecule has 1 saturated heterocycles. The van der Waals surface area contributed by atoms with Crippen molar-refractivity contribution in [2.24, 2.45) is 0 Å². The molecule has 0 aromatic heterocycles. The van der Waals surface area contributed by atoms with Crippen molar-refractivity contribution < 1.29 is 19.0 Å². The zero-order valence-corrected chi connectivity index (χ0v) is 13.8. The molecule has 0 radical (unpaired) electrons. The van der Waals surface area contributed by atoms with Gasteiger partial charge in [-0.2, -0.15) is 0 Å². The molecule has 1 aliphatic heterocycles. The minimum atomic E-state index is -0.458. The molecule has 3 rings (SSSR count). The summed E-state index contributed by atoms with van der Waals surface area (Å²) >= 11 is 0. The molecule has 1 heterocycles. The van der Waals surface area contributed by atoms with E-state index in [2.05, 4.69) is 5.32 Å². The number of nitrogens with zero attached hydrogens (tertiary/aromatic N) is 1. The van der Waals surface area contributed by atoms with E-state index in [0.29, 0.717) is 24.5 Å². The highest BCUT2D eigenvalue weighted by atomic mass is 19.1. The van der Waals surface area contributed by atoms with Gasteiger partial charge in [0.15, 0.2) is 0 Å². The highest BCUT2D eigenvalue weighted by Crippen LogP contribution is 2.20. The quantitative estimate of drug-likeness (QED) is 0.894. The van der Waals surface area contributed by atoms with Crippen LogP contribution in [0.3, 0.4) is 0 Å². The van der Waals surface area contributed by atoms with E-state index in [-0.39, 0.29) is 18.5 Å². The molecule has 1 aliphatic rings. The van der Waals surface area contributed by atoms with Gasteiger partial charge in [0.05, 0.1) is 6.10 Å². The van der Waals surface area contributed by atoms with E-state index in [4.69, 9.17) is 4.74 Å². The highest BCUT2D eigenvalue weighted by molar-refractivity contribution is 5.89. The first kappa shape index (κ1) is 17.2. The minimum Gasteiger partial charge on any atom is -0.489 e. The average molecular weight is 344 g/mol. The molecule has 6 heteroatoms. The summed E-state index contributed by atoms with van der Waals surface area (Å²) in [6.45, 7) is 1.23. The molecule has 25 heavy (non-hydrogen) atoms. The Bertz CT molecular complexity index is 738. The normalized spacial score (nSPS) is 17.2. The number of carbonyl (C=O) groups excluding carboxylic acids is 1. The molecular weight excluding hydrogens is 323 g/mol. The van der Waals surface area contributed by atoms with Crippen molar-refractivity contribution in [2.75, 3.05) is 18.4 Å². The van der Waals surface area contributed by atoms with Crippen LogP contribution in [0.5, 0.6) is 5.75 Å². The van der Waals surface area contributed by atoms with E-state index < -0.39 is 6.10 Å². The molecule has 0 bridgehead atoms. The number of benzene rings is 2.